The highest BCUT2D eigenvalue weighted by Crippen LogP contribution is 2.28. The van der Waals surface area contributed by atoms with Crippen LogP contribution in [-0.4, -0.2) is 61.4 Å². The van der Waals surface area contributed by atoms with Crippen LogP contribution in [0.3, 0.4) is 0 Å². The Morgan fingerprint density at radius 2 is 1.65 bits per heavy atom. The molecule has 1 aliphatic heterocycles. The number of fused-ring (bicyclic) bond motifs is 1. The van der Waals surface area contributed by atoms with E-state index in [0.717, 1.165) is 37.3 Å². The van der Waals surface area contributed by atoms with E-state index in [0.29, 0.717) is 46.3 Å². The monoisotopic (exact) mass is 581 g/mol. The van der Waals surface area contributed by atoms with Crippen LogP contribution in [0.5, 0.6) is 0 Å². The first-order valence-electron chi connectivity index (χ1n) is 14.7. The van der Waals surface area contributed by atoms with Crippen molar-refractivity contribution in [3.8, 4) is 0 Å². The Labute approximate surface area is 251 Å². The highest BCUT2D eigenvalue weighted by atomic mass is 16.2. The predicted molar refractivity (Wildman–Crippen MR) is 172 cm³/mol. The molecule has 2 aromatic heterocycles. The van der Waals surface area contributed by atoms with Crippen molar-refractivity contribution >= 4 is 51.8 Å². The van der Waals surface area contributed by atoms with Crippen LogP contribution in [0.1, 0.15) is 56.9 Å². The standard InChI is InChI=1S/C32H39N9O2/c1-6-27(42)34-23-12-10-22(11-13-23)31(43)36-26-9-7-8-25(18-26)35-29-28-30(41(19-33-28)21(4)5)39-32(38-29)37-24-14-16-40(17-15-24)20(2)3/h6-13,18-21,24H,1,14-17H2,2-5H3,(H,34,42)(H,36,43)(H2,35,37,38,39). The van der Waals surface area contributed by atoms with Gasteiger partial charge in [-0.1, -0.05) is 12.6 Å². The molecule has 0 saturated carbocycles. The van der Waals surface area contributed by atoms with E-state index in [4.69, 9.17) is 9.97 Å². The maximum atomic E-state index is 12.9. The number of nitrogens with one attached hydrogen (secondary N) is 4. The molecular formula is C32H39N9O2. The van der Waals surface area contributed by atoms with Crippen LogP contribution in [-0.2, 0) is 4.79 Å². The number of hydrogen-bond acceptors (Lipinski definition) is 8. The van der Waals surface area contributed by atoms with E-state index in [1.165, 1.54) is 6.08 Å². The fourth-order valence-electron chi connectivity index (χ4n) is 5.10. The summed E-state index contributed by atoms with van der Waals surface area (Å²) in [6.07, 6.45) is 5.04. The molecule has 1 aliphatic rings. The van der Waals surface area contributed by atoms with E-state index in [1.54, 1.807) is 30.6 Å². The van der Waals surface area contributed by atoms with Gasteiger partial charge < -0.3 is 30.7 Å². The summed E-state index contributed by atoms with van der Waals surface area (Å²) in [7, 11) is 0. The average Bonchev–Trinajstić information content (AvgIpc) is 3.43. The highest BCUT2D eigenvalue weighted by molar-refractivity contribution is 6.05. The highest BCUT2D eigenvalue weighted by Gasteiger charge is 2.23. The second-order valence-corrected chi connectivity index (χ2v) is 11.3. The van der Waals surface area contributed by atoms with Crippen molar-refractivity contribution in [2.75, 3.05) is 34.4 Å². The minimum absolute atomic E-state index is 0.181. The lowest BCUT2D eigenvalue weighted by Crippen LogP contribution is -2.42. The van der Waals surface area contributed by atoms with Crippen LogP contribution in [0.25, 0.3) is 11.2 Å². The Balaban J connectivity index is 1.33. The molecule has 1 fully saturated rings. The number of aromatic nitrogens is 4. The van der Waals surface area contributed by atoms with Crippen molar-refractivity contribution in [2.24, 2.45) is 0 Å². The third kappa shape index (κ3) is 7.18. The molecule has 5 rings (SSSR count). The minimum atomic E-state index is -0.312. The summed E-state index contributed by atoms with van der Waals surface area (Å²) in [5.41, 5.74) is 3.84. The van der Waals surface area contributed by atoms with E-state index in [9.17, 15) is 9.59 Å². The van der Waals surface area contributed by atoms with Crippen LogP contribution in [0.4, 0.5) is 28.8 Å². The van der Waals surface area contributed by atoms with E-state index < -0.39 is 0 Å². The van der Waals surface area contributed by atoms with E-state index in [-0.39, 0.29) is 17.9 Å². The summed E-state index contributed by atoms with van der Waals surface area (Å²) >= 11 is 0. The van der Waals surface area contributed by atoms with Crippen molar-refractivity contribution in [1.29, 1.82) is 0 Å². The number of piperidine rings is 1. The molecule has 1 saturated heterocycles. The van der Waals surface area contributed by atoms with Gasteiger partial charge in [-0.2, -0.15) is 9.97 Å². The fraction of sp³-hybridized carbons (Fsp3) is 0.344. The van der Waals surface area contributed by atoms with E-state index >= 15 is 0 Å². The van der Waals surface area contributed by atoms with Gasteiger partial charge in [0, 0.05) is 53.8 Å². The first kappa shape index (κ1) is 29.7. The van der Waals surface area contributed by atoms with Crippen molar-refractivity contribution in [2.45, 2.75) is 58.7 Å². The molecule has 4 N–H and O–H groups in total. The summed E-state index contributed by atoms with van der Waals surface area (Å²) in [6, 6.07) is 15.1. The van der Waals surface area contributed by atoms with Gasteiger partial charge in [0.1, 0.15) is 0 Å². The van der Waals surface area contributed by atoms with Gasteiger partial charge in [0.15, 0.2) is 17.0 Å². The van der Waals surface area contributed by atoms with Crippen LogP contribution in [0.2, 0.25) is 0 Å². The Bertz CT molecular complexity index is 1600. The molecule has 0 unspecified atom stereocenters. The summed E-state index contributed by atoms with van der Waals surface area (Å²) in [5, 5.41) is 12.6. The van der Waals surface area contributed by atoms with Gasteiger partial charge in [-0.15, -0.1) is 0 Å². The molecular weight excluding hydrogens is 542 g/mol. The molecule has 224 valence electrons. The molecule has 4 aromatic rings. The van der Waals surface area contributed by atoms with Crippen molar-refractivity contribution in [3.05, 3.63) is 73.1 Å². The topological polar surface area (TPSA) is 129 Å². The molecule has 2 amide bonds. The zero-order valence-electron chi connectivity index (χ0n) is 25.1. The first-order valence-corrected chi connectivity index (χ1v) is 14.7. The lowest BCUT2D eigenvalue weighted by atomic mass is 10.0. The number of likely N-dealkylation sites (tertiary alicyclic amines) is 1. The SMILES string of the molecule is C=CC(=O)Nc1ccc(C(=O)Nc2cccc(Nc3nc(NC4CCN(C(C)C)CC4)nc4c3ncn4C(C)C)c2)cc1. The summed E-state index contributed by atoms with van der Waals surface area (Å²) in [5.74, 6) is 0.576. The summed E-state index contributed by atoms with van der Waals surface area (Å²) in [6.45, 7) is 14.2. The van der Waals surface area contributed by atoms with Gasteiger partial charge in [-0.05, 0) is 89.1 Å². The number of rotatable bonds is 10. The lowest BCUT2D eigenvalue weighted by molar-refractivity contribution is -0.111. The Hall–Kier alpha value is -4.77. The Kier molecular flexibility index (Phi) is 9.01. The van der Waals surface area contributed by atoms with Crippen LogP contribution in [0.15, 0.2) is 67.5 Å². The number of amides is 2. The zero-order chi connectivity index (χ0) is 30.5. The average molecular weight is 582 g/mol. The van der Waals surface area contributed by atoms with Crippen LogP contribution >= 0.6 is 0 Å². The van der Waals surface area contributed by atoms with Crippen molar-refractivity contribution < 1.29 is 9.59 Å². The number of nitrogens with zero attached hydrogens (tertiary/aromatic N) is 5. The van der Waals surface area contributed by atoms with Gasteiger partial charge in [-0.25, -0.2) is 4.98 Å². The molecule has 3 heterocycles. The predicted octanol–water partition coefficient (Wildman–Crippen LogP) is 5.81. The summed E-state index contributed by atoms with van der Waals surface area (Å²) in [4.78, 5) is 41.3. The Morgan fingerprint density at radius 3 is 2.33 bits per heavy atom. The molecule has 0 bridgehead atoms. The smallest absolute Gasteiger partial charge is 0.255 e. The van der Waals surface area contributed by atoms with Crippen LogP contribution < -0.4 is 21.3 Å². The van der Waals surface area contributed by atoms with Crippen molar-refractivity contribution in [3.63, 3.8) is 0 Å². The molecule has 11 nitrogen and oxygen atoms in total. The molecule has 0 radical (unpaired) electrons. The fourth-order valence-corrected chi connectivity index (χ4v) is 5.10. The largest absolute Gasteiger partial charge is 0.351 e. The quantitative estimate of drug-likeness (QED) is 0.173. The summed E-state index contributed by atoms with van der Waals surface area (Å²) < 4.78 is 2.04. The molecule has 0 atom stereocenters. The van der Waals surface area contributed by atoms with Gasteiger partial charge in [0.25, 0.3) is 5.91 Å². The first-order chi connectivity index (χ1) is 20.7. The second kappa shape index (κ2) is 13.0. The number of imidazole rings is 1. The molecule has 2 aromatic carbocycles. The van der Waals surface area contributed by atoms with Gasteiger partial charge in [-0.3, -0.25) is 9.59 Å². The van der Waals surface area contributed by atoms with Crippen molar-refractivity contribution in [1.82, 2.24) is 24.4 Å². The molecule has 43 heavy (non-hydrogen) atoms. The van der Waals surface area contributed by atoms with Gasteiger partial charge in [0.05, 0.1) is 6.33 Å². The third-order valence-corrected chi connectivity index (χ3v) is 7.55. The number of benzene rings is 2. The normalized spacial score (nSPS) is 14.2. The van der Waals surface area contributed by atoms with Gasteiger partial charge in [0.2, 0.25) is 11.9 Å². The lowest BCUT2D eigenvalue weighted by Gasteiger charge is -2.34. The zero-order valence-corrected chi connectivity index (χ0v) is 25.1. The van der Waals surface area contributed by atoms with Gasteiger partial charge >= 0.3 is 0 Å². The third-order valence-electron chi connectivity index (χ3n) is 7.55. The maximum absolute atomic E-state index is 12.9. The number of hydrogen-bond donors (Lipinski definition) is 4. The maximum Gasteiger partial charge on any atom is 0.255 e. The molecule has 0 spiro atoms. The molecule has 11 heteroatoms. The number of carbonyl (C=O) groups is 2. The number of carbonyl (C=O) groups excluding carboxylic acids is 2. The van der Waals surface area contributed by atoms with E-state index in [1.807, 2.05) is 28.8 Å². The van der Waals surface area contributed by atoms with Crippen LogP contribution in [0, 0.1) is 0 Å². The van der Waals surface area contributed by atoms with E-state index in [2.05, 4.69) is 65.4 Å². The number of anilines is 5. The minimum Gasteiger partial charge on any atom is -0.351 e. The Morgan fingerprint density at radius 1 is 0.930 bits per heavy atom. The molecule has 0 aliphatic carbocycles. The second-order valence-electron chi connectivity index (χ2n) is 11.3.